The van der Waals surface area contributed by atoms with Crippen LogP contribution in [0.3, 0.4) is 0 Å². The Kier molecular flexibility index (Phi) is 7.16. The quantitative estimate of drug-likeness (QED) is 0.772. The number of urea groups is 1. The predicted octanol–water partition coefficient (Wildman–Crippen LogP) is 1.60. The Hall–Kier alpha value is -0.810. The molecular formula is C14H28N2O3. The second kappa shape index (κ2) is 8.38. The van der Waals surface area contributed by atoms with Gasteiger partial charge < -0.3 is 20.1 Å². The van der Waals surface area contributed by atoms with Gasteiger partial charge in [0.1, 0.15) is 0 Å². The van der Waals surface area contributed by atoms with Gasteiger partial charge in [0.15, 0.2) is 0 Å². The van der Waals surface area contributed by atoms with Crippen molar-refractivity contribution in [3.05, 3.63) is 0 Å². The lowest BCUT2D eigenvalue weighted by Crippen LogP contribution is -2.45. The van der Waals surface area contributed by atoms with Crippen LogP contribution in [0.5, 0.6) is 0 Å². The molecule has 0 bridgehead atoms. The maximum Gasteiger partial charge on any atom is 0.317 e. The number of ether oxygens (including phenoxy) is 1. The highest BCUT2D eigenvalue weighted by molar-refractivity contribution is 5.74. The smallest absolute Gasteiger partial charge is 0.317 e. The van der Waals surface area contributed by atoms with Crippen LogP contribution in [0, 0.1) is 5.92 Å². The first-order valence-corrected chi connectivity index (χ1v) is 7.23. The molecule has 19 heavy (non-hydrogen) atoms. The molecule has 5 nitrogen and oxygen atoms in total. The number of aliphatic hydroxyl groups is 1. The molecule has 0 spiro atoms. The third-order valence-corrected chi connectivity index (χ3v) is 3.85. The van der Waals surface area contributed by atoms with Crippen molar-refractivity contribution in [1.82, 2.24) is 10.2 Å². The maximum atomic E-state index is 12.0. The average Bonchev–Trinajstić information content (AvgIpc) is 2.38. The number of hydrogen-bond acceptors (Lipinski definition) is 3. The summed E-state index contributed by atoms with van der Waals surface area (Å²) in [6.45, 7) is 3.25. The Morgan fingerprint density at radius 3 is 2.79 bits per heavy atom. The molecule has 3 atom stereocenters. The Labute approximate surface area is 116 Å². The lowest BCUT2D eigenvalue weighted by Gasteiger charge is -2.31. The van der Waals surface area contributed by atoms with E-state index < -0.39 is 0 Å². The monoisotopic (exact) mass is 272 g/mol. The highest BCUT2D eigenvalue weighted by atomic mass is 16.5. The number of methoxy groups -OCH3 is 1. The summed E-state index contributed by atoms with van der Waals surface area (Å²) in [4.78, 5) is 13.7. The molecular weight excluding hydrogens is 244 g/mol. The zero-order valence-corrected chi connectivity index (χ0v) is 12.4. The van der Waals surface area contributed by atoms with Crippen LogP contribution in [0.25, 0.3) is 0 Å². The number of aliphatic hydroxyl groups excluding tert-OH is 1. The van der Waals surface area contributed by atoms with Crippen molar-refractivity contribution in [3.63, 3.8) is 0 Å². The van der Waals surface area contributed by atoms with Gasteiger partial charge in [-0.2, -0.15) is 0 Å². The summed E-state index contributed by atoms with van der Waals surface area (Å²) in [7, 11) is 3.45. The lowest BCUT2D eigenvalue weighted by molar-refractivity contribution is 0.0562. The zero-order chi connectivity index (χ0) is 14.3. The minimum atomic E-state index is -0.255. The van der Waals surface area contributed by atoms with Crippen LogP contribution < -0.4 is 5.32 Å². The molecule has 2 N–H and O–H groups in total. The van der Waals surface area contributed by atoms with Gasteiger partial charge in [0.25, 0.3) is 0 Å². The molecule has 2 amide bonds. The number of rotatable bonds is 6. The van der Waals surface area contributed by atoms with E-state index in [1.807, 2.05) is 6.92 Å². The third kappa shape index (κ3) is 5.78. The fraction of sp³-hybridized carbons (Fsp3) is 0.929. The first-order valence-electron chi connectivity index (χ1n) is 7.23. The highest BCUT2D eigenvalue weighted by Gasteiger charge is 2.25. The molecule has 0 aliphatic heterocycles. The summed E-state index contributed by atoms with van der Waals surface area (Å²) < 4.78 is 4.99. The Morgan fingerprint density at radius 2 is 2.16 bits per heavy atom. The Bertz CT molecular complexity index is 273. The van der Waals surface area contributed by atoms with E-state index in [9.17, 15) is 9.90 Å². The van der Waals surface area contributed by atoms with Crippen LogP contribution in [0.1, 0.15) is 39.0 Å². The minimum Gasteiger partial charge on any atom is -0.393 e. The van der Waals surface area contributed by atoms with Crippen LogP contribution in [-0.2, 0) is 4.74 Å². The highest BCUT2D eigenvalue weighted by Crippen LogP contribution is 2.24. The van der Waals surface area contributed by atoms with Gasteiger partial charge in [-0.1, -0.05) is 12.8 Å². The Morgan fingerprint density at radius 1 is 1.47 bits per heavy atom. The van der Waals surface area contributed by atoms with Crippen LogP contribution in [0.4, 0.5) is 4.79 Å². The van der Waals surface area contributed by atoms with Gasteiger partial charge >= 0.3 is 6.03 Å². The van der Waals surface area contributed by atoms with Crippen molar-refractivity contribution < 1.29 is 14.6 Å². The summed E-state index contributed by atoms with van der Waals surface area (Å²) in [5, 5.41) is 12.9. The molecule has 0 aromatic rings. The van der Waals surface area contributed by atoms with E-state index in [1.54, 1.807) is 19.1 Å². The van der Waals surface area contributed by atoms with Gasteiger partial charge in [0, 0.05) is 39.3 Å². The SMILES string of the molecule is COCC[C@H](C)NC(=O)N(C)C[C@H]1CCCC[C@H]1O. The van der Waals surface area contributed by atoms with Crippen molar-refractivity contribution >= 4 is 6.03 Å². The second-order valence-electron chi connectivity index (χ2n) is 5.62. The lowest BCUT2D eigenvalue weighted by atomic mass is 9.86. The fourth-order valence-corrected chi connectivity index (χ4v) is 2.52. The van der Waals surface area contributed by atoms with E-state index in [0.29, 0.717) is 13.2 Å². The van der Waals surface area contributed by atoms with Gasteiger partial charge in [-0.05, 0) is 26.2 Å². The molecule has 112 valence electrons. The molecule has 0 unspecified atom stereocenters. The normalized spacial score (nSPS) is 24.8. The zero-order valence-electron chi connectivity index (χ0n) is 12.4. The van der Waals surface area contributed by atoms with Gasteiger partial charge in [-0.3, -0.25) is 0 Å². The van der Waals surface area contributed by atoms with Crippen molar-refractivity contribution in [1.29, 1.82) is 0 Å². The first kappa shape index (κ1) is 16.2. The number of nitrogens with zero attached hydrogens (tertiary/aromatic N) is 1. The summed E-state index contributed by atoms with van der Waals surface area (Å²) in [5.41, 5.74) is 0. The number of hydrogen-bond donors (Lipinski definition) is 2. The molecule has 5 heteroatoms. The van der Waals surface area contributed by atoms with Gasteiger partial charge in [0.2, 0.25) is 0 Å². The summed E-state index contributed by atoms with van der Waals surface area (Å²) >= 11 is 0. The van der Waals surface area contributed by atoms with E-state index in [2.05, 4.69) is 5.32 Å². The number of carbonyl (C=O) groups is 1. The minimum absolute atomic E-state index is 0.0682. The summed E-state index contributed by atoms with van der Waals surface area (Å²) in [6, 6.07) is 0.0348. The predicted molar refractivity (Wildman–Crippen MR) is 75.1 cm³/mol. The van der Waals surface area contributed by atoms with Crippen LogP contribution >= 0.6 is 0 Å². The van der Waals surface area contributed by atoms with Crippen molar-refractivity contribution in [2.75, 3.05) is 27.3 Å². The number of nitrogens with one attached hydrogen (secondary N) is 1. The number of carbonyl (C=O) groups excluding carboxylic acids is 1. The van der Waals surface area contributed by atoms with E-state index >= 15 is 0 Å². The molecule has 0 aromatic carbocycles. The molecule has 1 aliphatic carbocycles. The van der Waals surface area contributed by atoms with E-state index in [0.717, 1.165) is 32.1 Å². The van der Waals surface area contributed by atoms with E-state index in [1.165, 1.54) is 0 Å². The van der Waals surface area contributed by atoms with Crippen molar-refractivity contribution in [3.8, 4) is 0 Å². The molecule has 0 heterocycles. The van der Waals surface area contributed by atoms with Crippen LogP contribution in [0.15, 0.2) is 0 Å². The topological polar surface area (TPSA) is 61.8 Å². The fourth-order valence-electron chi connectivity index (χ4n) is 2.52. The average molecular weight is 272 g/mol. The van der Waals surface area contributed by atoms with Crippen molar-refractivity contribution in [2.45, 2.75) is 51.2 Å². The van der Waals surface area contributed by atoms with Gasteiger partial charge in [-0.25, -0.2) is 4.79 Å². The maximum absolute atomic E-state index is 12.0. The van der Waals surface area contributed by atoms with Crippen LogP contribution in [-0.4, -0.2) is 55.5 Å². The van der Waals surface area contributed by atoms with E-state index in [4.69, 9.17) is 4.74 Å². The van der Waals surface area contributed by atoms with Crippen molar-refractivity contribution in [2.24, 2.45) is 5.92 Å². The second-order valence-corrected chi connectivity index (χ2v) is 5.62. The first-order chi connectivity index (χ1) is 9.04. The van der Waals surface area contributed by atoms with E-state index in [-0.39, 0.29) is 24.1 Å². The molecule has 0 radical (unpaired) electrons. The third-order valence-electron chi connectivity index (χ3n) is 3.85. The molecule has 0 aromatic heterocycles. The van der Waals surface area contributed by atoms with Crippen LogP contribution in [0.2, 0.25) is 0 Å². The molecule has 0 saturated heterocycles. The molecule has 1 fully saturated rings. The van der Waals surface area contributed by atoms with Gasteiger partial charge in [0.05, 0.1) is 6.10 Å². The largest absolute Gasteiger partial charge is 0.393 e. The summed E-state index contributed by atoms with van der Waals surface area (Å²) in [5.74, 6) is 0.221. The van der Waals surface area contributed by atoms with Gasteiger partial charge in [-0.15, -0.1) is 0 Å². The number of amides is 2. The molecule has 1 saturated carbocycles. The Balaban J connectivity index is 2.31. The molecule has 1 rings (SSSR count). The summed E-state index contributed by atoms with van der Waals surface area (Å²) in [6.07, 6.45) is 4.68. The standard InChI is InChI=1S/C14H28N2O3/c1-11(8-9-19-3)15-14(18)16(2)10-12-6-4-5-7-13(12)17/h11-13,17H,4-10H2,1-3H3,(H,15,18)/t11-,12+,13+/m0/s1. The molecule has 1 aliphatic rings.